The highest BCUT2D eigenvalue weighted by molar-refractivity contribution is 5.79. The largest absolute Gasteiger partial charge is 0.363 e. The minimum Gasteiger partial charge on any atom is -0.363 e. The second-order valence-electron chi connectivity index (χ2n) is 6.23. The van der Waals surface area contributed by atoms with E-state index in [9.17, 15) is 14.9 Å². The van der Waals surface area contributed by atoms with Crippen molar-refractivity contribution in [1.82, 2.24) is 4.90 Å². The molecule has 3 rings (SSSR count). The van der Waals surface area contributed by atoms with E-state index in [0.717, 1.165) is 26.2 Å². The standard InChI is InChI=1S/C19H21N3O3/c1-15(17-5-3-2-4-6-17)20-9-11-21(12-10-20)18-8-7-16(14-23)13-19(18)22(24)25/h2-8,13-15H,9-12H2,1H3. The first-order chi connectivity index (χ1) is 12.1. The lowest BCUT2D eigenvalue weighted by Gasteiger charge is -2.39. The Hall–Kier alpha value is -2.73. The molecule has 0 aromatic heterocycles. The molecule has 1 aliphatic heterocycles. The molecule has 2 aromatic rings. The maximum atomic E-state index is 11.3. The zero-order valence-electron chi connectivity index (χ0n) is 14.2. The van der Waals surface area contributed by atoms with Crippen LogP contribution >= 0.6 is 0 Å². The third kappa shape index (κ3) is 3.69. The number of nitro groups is 1. The molecule has 0 amide bonds. The highest BCUT2D eigenvalue weighted by atomic mass is 16.6. The lowest BCUT2D eigenvalue weighted by atomic mass is 10.1. The SMILES string of the molecule is CC(c1ccccc1)N1CCN(c2ccc(C=O)cc2[N+](=O)[O-])CC1. The maximum absolute atomic E-state index is 11.3. The second-order valence-corrected chi connectivity index (χ2v) is 6.23. The third-order valence-corrected chi connectivity index (χ3v) is 4.82. The number of piperazine rings is 1. The molecule has 0 radical (unpaired) electrons. The summed E-state index contributed by atoms with van der Waals surface area (Å²) in [6.45, 7) is 5.30. The summed E-state index contributed by atoms with van der Waals surface area (Å²) in [5.41, 5.74) is 2.18. The first kappa shape index (κ1) is 17.1. The molecule has 1 atom stereocenters. The maximum Gasteiger partial charge on any atom is 0.293 e. The molecule has 1 saturated heterocycles. The molecular formula is C19H21N3O3. The highest BCUT2D eigenvalue weighted by Gasteiger charge is 2.26. The van der Waals surface area contributed by atoms with Gasteiger partial charge >= 0.3 is 0 Å². The van der Waals surface area contributed by atoms with Crippen LogP contribution in [0.2, 0.25) is 0 Å². The molecule has 1 unspecified atom stereocenters. The van der Waals surface area contributed by atoms with Gasteiger partial charge in [0.05, 0.1) is 4.92 Å². The minimum absolute atomic E-state index is 0.00541. The molecule has 1 aliphatic rings. The van der Waals surface area contributed by atoms with Crippen LogP contribution < -0.4 is 4.90 Å². The number of nitro benzene ring substituents is 1. The Balaban J connectivity index is 1.72. The summed E-state index contributed by atoms with van der Waals surface area (Å²) in [4.78, 5) is 26.2. The van der Waals surface area contributed by atoms with Crippen molar-refractivity contribution >= 4 is 17.7 Å². The number of hydrogen-bond donors (Lipinski definition) is 0. The quantitative estimate of drug-likeness (QED) is 0.475. The van der Waals surface area contributed by atoms with Gasteiger partial charge in [-0.3, -0.25) is 19.8 Å². The van der Waals surface area contributed by atoms with E-state index in [2.05, 4.69) is 24.0 Å². The van der Waals surface area contributed by atoms with E-state index in [1.54, 1.807) is 12.1 Å². The van der Waals surface area contributed by atoms with Crippen molar-refractivity contribution in [1.29, 1.82) is 0 Å². The van der Waals surface area contributed by atoms with E-state index < -0.39 is 4.92 Å². The predicted molar refractivity (Wildman–Crippen MR) is 97.1 cm³/mol. The fourth-order valence-corrected chi connectivity index (χ4v) is 3.32. The van der Waals surface area contributed by atoms with Gasteiger partial charge in [0.2, 0.25) is 0 Å². The van der Waals surface area contributed by atoms with Gasteiger partial charge in [-0.25, -0.2) is 0 Å². The molecule has 0 N–H and O–H groups in total. The lowest BCUT2D eigenvalue weighted by molar-refractivity contribution is -0.384. The fraction of sp³-hybridized carbons (Fsp3) is 0.316. The predicted octanol–water partition coefficient (Wildman–Crippen LogP) is 3.29. The van der Waals surface area contributed by atoms with E-state index in [-0.39, 0.29) is 5.69 Å². The molecule has 2 aromatic carbocycles. The van der Waals surface area contributed by atoms with Crippen LogP contribution in [0.5, 0.6) is 0 Å². The Bertz CT molecular complexity index is 756. The Labute approximate surface area is 146 Å². The zero-order chi connectivity index (χ0) is 17.8. The number of carbonyl (C=O) groups is 1. The number of carbonyl (C=O) groups excluding carboxylic acids is 1. The highest BCUT2D eigenvalue weighted by Crippen LogP contribution is 2.31. The van der Waals surface area contributed by atoms with Crippen LogP contribution in [0.4, 0.5) is 11.4 Å². The number of aldehydes is 1. The van der Waals surface area contributed by atoms with Gasteiger partial charge < -0.3 is 4.90 Å². The van der Waals surface area contributed by atoms with Crippen LogP contribution in [0.1, 0.15) is 28.9 Å². The second kappa shape index (κ2) is 7.44. The van der Waals surface area contributed by atoms with Gasteiger partial charge in [-0.05, 0) is 24.6 Å². The van der Waals surface area contributed by atoms with Crippen LogP contribution in [0.15, 0.2) is 48.5 Å². The number of hydrogen-bond acceptors (Lipinski definition) is 5. The van der Waals surface area contributed by atoms with E-state index in [1.165, 1.54) is 11.6 Å². The Morgan fingerprint density at radius 3 is 2.36 bits per heavy atom. The first-order valence-corrected chi connectivity index (χ1v) is 8.37. The van der Waals surface area contributed by atoms with Crippen molar-refractivity contribution in [3.05, 3.63) is 69.8 Å². The lowest BCUT2D eigenvalue weighted by Crippen LogP contribution is -2.47. The van der Waals surface area contributed by atoms with Crippen LogP contribution in [0, 0.1) is 10.1 Å². The van der Waals surface area contributed by atoms with Crippen LogP contribution in [0.3, 0.4) is 0 Å². The van der Waals surface area contributed by atoms with Gasteiger partial charge in [0, 0.05) is 43.9 Å². The van der Waals surface area contributed by atoms with Gasteiger partial charge in [-0.15, -0.1) is 0 Å². The normalized spacial score (nSPS) is 16.4. The van der Waals surface area contributed by atoms with Gasteiger partial charge in [0.1, 0.15) is 12.0 Å². The van der Waals surface area contributed by atoms with Gasteiger partial charge in [-0.2, -0.15) is 0 Å². The fourth-order valence-electron chi connectivity index (χ4n) is 3.32. The van der Waals surface area contributed by atoms with E-state index in [4.69, 9.17) is 0 Å². The Morgan fingerprint density at radius 1 is 1.08 bits per heavy atom. The van der Waals surface area contributed by atoms with Crippen molar-refractivity contribution in [3.63, 3.8) is 0 Å². The Morgan fingerprint density at radius 2 is 1.76 bits per heavy atom. The molecule has 1 fully saturated rings. The average Bonchev–Trinajstić information content (AvgIpc) is 2.67. The Kier molecular flexibility index (Phi) is 5.09. The van der Waals surface area contributed by atoms with Gasteiger partial charge in [0.25, 0.3) is 5.69 Å². The molecule has 130 valence electrons. The first-order valence-electron chi connectivity index (χ1n) is 8.37. The smallest absolute Gasteiger partial charge is 0.293 e. The zero-order valence-corrected chi connectivity index (χ0v) is 14.2. The molecule has 0 spiro atoms. The number of rotatable bonds is 5. The van der Waals surface area contributed by atoms with Crippen LogP contribution in [0.25, 0.3) is 0 Å². The summed E-state index contributed by atoms with van der Waals surface area (Å²) in [5, 5.41) is 11.3. The van der Waals surface area contributed by atoms with Crippen molar-refractivity contribution in [2.75, 3.05) is 31.1 Å². The third-order valence-electron chi connectivity index (χ3n) is 4.82. The molecule has 0 aliphatic carbocycles. The molecule has 6 nitrogen and oxygen atoms in total. The number of nitrogens with zero attached hydrogens (tertiary/aromatic N) is 3. The van der Waals surface area contributed by atoms with Crippen LogP contribution in [-0.2, 0) is 0 Å². The van der Waals surface area contributed by atoms with Crippen molar-refractivity contribution in [3.8, 4) is 0 Å². The minimum atomic E-state index is -0.415. The van der Waals surface area contributed by atoms with Crippen molar-refractivity contribution in [2.24, 2.45) is 0 Å². The van der Waals surface area contributed by atoms with Crippen molar-refractivity contribution in [2.45, 2.75) is 13.0 Å². The summed E-state index contributed by atoms with van der Waals surface area (Å²) in [6, 6.07) is 15.3. The monoisotopic (exact) mass is 339 g/mol. The van der Waals surface area contributed by atoms with Gasteiger partial charge in [0.15, 0.2) is 0 Å². The summed E-state index contributed by atoms with van der Waals surface area (Å²) >= 11 is 0. The number of benzene rings is 2. The molecular weight excluding hydrogens is 318 g/mol. The molecule has 25 heavy (non-hydrogen) atoms. The summed E-state index contributed by atoms with van der Waals surface area (Å²) < 4.78 is 0. The van der Waals surface area contributed by atoms with E-state index in [0.29, 0.717) is 23.6 Å². The van der Waals surface area contributed by atoms with Crippen molar-refractivity contribution < 1.29 is 9.72 Å². The molecule has 0 saturated carbocycles. The summed E-state index contributed by atoms with van der Waals surface area (Å²) in [6.07, 6.45) is 0.635. The molecule has 6 heteroatoms. The summed E-state index contributed by atoms with van der Waals surface area (Å²) in [7, 11) is 0. The summed E-state index contributed by atoms with van der Waals surface area (Å²) in [5.74, 6) is 0. The average molecular weight is 339 g/mol. The number of anilines is 1. The van der Waals surface area contributed by atoms with Crippen LogP contribution in [-0.4, -0.2) is 42.3 Å². The van der Waals surface area contributed by atoms with Gasteiger partial charge in [-0.1, -0.05) is 30.3 Å². The molecule has 1 heterocycles. The molecule has 0 bridgehead atoms. The van der Waals surface area contributed by atoms with E-state index >= 15 is 0 Å². The van der Waals surface area contributed by atoms with E-state index in [1.807, 2.05) is 23.1 Å². The topological polar surface area (TPSA) is 66.7 Å².